The number of nitrogens with zero attached hydrogens (tertiary/aromatic N) is 3. The molecule has 4 nitrogen and oxygen atoms in total. The van der Waals surface area contributed by atoms with Crippen molar-refractivity contribution in [3.63, 3.8) is 0 Å². The van der Waals surface area contributed by atoms with Crippen LogP contribution < -0.4 is 5.56 Å². The molecule has 0 bridgehead atoms. The van der Waals surface area contributed by atoms with Gasteiger partial charge in [0.1, 0.15) is 4.83 Å². The highest BCUT2D eigenvalue weighted by atomic mass is 32.1. The van der Waals surface area contributed by atoms with Gasteiger partial charge in [0.05, 0.1) is 17.8 Å². The van der Waals surface area contributed by atoms with E-state index in [0.717, 1.165) is 29.5 Å². The molecular weight excluding hydrogens is 246 g/mol. The fourth-order valence-electron chi connectivity index (χ4n) is 2.51. The first-order chi connectivity index (χ1) is 8.81. The molecule has 0 spiro atoms. The largest absolute Gasteiger partial charge is 0.299 e. The van der Waals surface area contributed by atoms with Crippen LogP contribution in [-0.4, -0.2) is 9.55 Å². The van der Waals surface area contributed by atoms with E-state index in [2.05, 4.69) is 11.1 Å². The molecule has 0 N–H and O–H groups in total. The Morgan fingerprint density at radius 1 is 1.50 bits per heavy atom. The Morgan fingerprint density at radius 2 is 2.39 bits per heavy atom. The summed E-state index contributed by atoms with van der Waals surface area (Å²) in [5.41, 5.74) is 1.29. The molecule has 2 aromatic heterocycles. The molecule has 0 saturated heterocycles. The van der Waals surface area contributed by atoms with Crippen LogP contribution in [0.3, 0.4) is 0 Å². The summed E-state index contributed by atoms with van der Waals surface area (Å²) in [5, 5.41) is 9.35. The van der Waals surface area contributed by atoms with E-state index in [1.165, 1.54) is 10.4 Å². The van der Waals surface area contributed by atoms with Crippen LogP contribution in [0.15, 0.2) is 11.1 Å². The number of aryl methyl sites for hydroxylation is 3. The zero-order valence-electron chi connectivity index (χ0n) is 9.98. The van der Waals surface area contributed by atoms with Crippen molar-refractivity contribution in [1.29, 1.82) is 5.26 Å². The molecule has 5 heteroatoms. The molecule has 0 radical (unpaired) electrons. The summed E-state index contributed by atoms with van der Waals surface area (Å²) in [6.45, 7) is 0.583. The van der Waals surface area contributed by atoms with E-state index < -0.39 is 0 Å². The van der Waals surface area contributed by atoms with Gasteiger partial charge in [-0.25, -0.2) is 4.98 Å². The number of hydrogen-bond donors (Lipinski definition) is 0. The molecule has 0 fully saturated rings. The minimum Gasteiger partial charge on any atom is -0.299 e. The Morgan fingerprint density at radius 3 is 3.22 bits per heavy atom. The first kappa shape index (κ1) is 11.4. The minimum absolute atomic E-state index is 0.0670. The van der Waals surface area contributed by atoms with Crippen LogP contribution in [0.4, 0.5) is 0 Å². The first-order valence-electron chi connectivity index (χ1n) is 6.18. The van der Waals surface area contributed by atoms with Crippen molar-refractivity contribution in [2.24, 2.45) is 0 Å². The summed E-state index contributed by atoms with van der Waals surface area (Å²) >= 11 is 1.66. The SMILES string of the molecule is N#CCCCn1cnc2sc3c(c2c1=O)CCC3. The molecule has 1 aliphatic carbocycles. The topological polar surface area (TPSA) is 58.7 Å². The second-order valence-corrected chi connectivity index (χ2v) is 5.63. The zero-order chi connectivity index (χ0) is 12.5. The van der Waals surface area contributed by atoms with Gasteiger partial charge >= 0.3 is 0 Å². The predicted octanol–water partition coefficient (Wildman–Crippen LogP) is 2.25. The van der Waals surface area contributed by atoms with Gasteiger partial charge in [0.2, 0.25) is 0 Å². The molecule has 2 aromatic rings. The molecule has 1 aliphatic rings. The van der Waals surface area contributed by atoms with Gasteiger partial charge in [0, 0.05) is 17.8 Å². The smallest absolute Gasteiger partial charge is 0.262 e. The highest BCUT2D eigenvalue weighted by molar-refractivity contribution is 7.18. The molecule has 0 unspecified atom stereocenters. The summed E-state index contributed by atoms with van der Waals surface area (Å²) in [5.74, 6) is 0. The average molecular weight is 259 g/mol. The molecule has 18 heavy (non-hydrogen) atoms. The van der Waals surface area contributed by atoms with Gasteiger partial charge in [0.25, 0.3) is 5.56 Å². The van der Waals surface area contributed by atoms with Crippen LogP contribution >= 0.6 is 11.3 Å². The molecule has 0 atom stereocenters. The average Bonchev–Trinajstić information content (AvgIpc) is 2.92. The molecule has 92 valence electrons. The van der Waals surface area contributed by atoms with Gasteiger partial charge in [-0.2, -0.15) is 5.26 Å². The summed E-state index contributed by atoms with van der Waals surface area (Å²) in [6.07, 6.45) is 6.05. The van der Waals surface area contributed by atoms with E-state index >= 15 is 0 Å². The lowest BCUT2D eigenvalue weighted by atomic mass is 10.2. The van der Waals surface area contributed by atoms with Crippen LogP contribution in [0.1, 0.15) is 29.7 Å². The van der Waals surface area contributed by atoms with Crippen molar-refractivity contribution in [3.8, 4) is 6.07 Å². The van der Waals surface area contributed by atoms with Crippen LogP contribution in [0.2, 0.25) is 0 Å². The highest BCUT2D eigenvalue weighted by Gasteiger charge is 2.20. The summed E-state index contributed by atoms with van der Waals surface area (Å²) in [4.78, 5) is 19.0. The van der Waals surface area contributed by atoms with E-state index in [-0.39, 0.29) is 5.56 Å². The van der Waals surface area contributed by atoms with Crippen molar-refractivity contribution in [1.82, 2.24) is 9.55 Å². The van der Waals surface area contributed by atoms with Crippen molar-refractivity contribution in [3.05, 3.63) is 27.1 Å². The molecule has 2 heterocycles. The molecule has 3 rings (SSSR count). The number of unbranched alkanes of at least 4 members (excludes halogenated alkanes) is 1. The fraction of sp³-hybridized carbons (Fsp3) is 0.462. The second-order valence-electron chi connectivity index (χ2n) is 4.54. The standard InChI is InChI=1S/C13H13N3OS/c14-6-1-2-7-16-8-15-12-11(13(16)17)9-4-3-5-10(9)18-12/h8H,1-5,7H2. The third-order valence-corrected chi connectivity index (χ3v) is 4.58. The van der Waals surface area contributed by atoms with Crippen molar-refractivity contribution < 1.29 is 0 Å². The van der Waals surface area contributed by atoms with E-state index in [4.69, 9.17) is 5.26 Å². The van der Waals surface area contributed by atoms with Gasteiger partial charge in [0.15, 0.2) is 0 Å². The van der Waals surface area contributed by atoms with Gasteiger partial charge in [-0.05, 0) is 31.2 Å². The highest BCUT2D eigenvalue weighted by Crippen LogP contribution is 2.34. The summed E-state index contributed by atoms with van der Waals surface area (Å²) < 4.78 is 1.64. The number of aromatic nitrogens is 2. The first-order valence-corrected chi connectivity index (χ1v) is 6.99. The molecule has 0 amide bonds. The van der Waals surface area contributed by atoms with Crippen molar-refractivity contribution >= 4 is 21.6 Å². The third kappa shape index (κ3) is 1.73. The third-order valence-electron chi connectivity index (χ3n) is 3.38. The Hall–Kier alpha value is -1.67. The maximum atomic E-state index is 12.4. The quantitative estimate of drug-likeness (QED) is 0.794. The minimum atomic E-state index is 0.0670. The van der Waals surface area contributed by atoms with Crippen molar-refractivity contribution in [2.75, 3.05) is 0 Å². The lowest BCUT2D eigenvalue weighted by Gasteiger charge is -2.03. The summed E-state index contributed by atoms with van der Waals surface area (Å²) in [6, 6.07) is 2.10. The number of fused-ring (bicyclic) bond motifs is 3. The maximum Gasteiger partial charge on any atom is 0.262 e. The van der Waals surface area contributed by atoms with E-state index in [0.29, 0.717) is 19.4 Å². The number of thiophene rings is 1. The zero-order valence-corrected chi connectivity index (χ0v) is 10.8. The Bertz CT molecular complexity index is 693. The molecular formula is C13H13N3OS. The van der Waals surface area contributed by atoms with E-state index in [1.807, 2.05) is 0 Å². The predicted molar refractivity (Wildman–Crippen MR) is 70.8 cm³/mol. The molecule has 0 aliphatic heterocycles. The molecule has 0 aromatic carbocycles. The van der Waals surface area contributed by atoms with Crippen molar-refractivity contribution in [2.45, 2.75) is 38.6 Å². The fourth-order valence-corrected chi connectivity index (χ4v) is 3.73. The van der Waals surface area contributed by atoms with Gasteiger partial charge < -0.3 is 0 Å². The monoisotopic (exact) mass is 259 g/mol. The van der Waals surface area contributed by atoms with E-state index in [1.54, 1.807) is 22.2 Å². The maximum absolute atomic E-state index is 12.4. The lowest BCUT2D eigenvalue weighted by Crippen LogP contribution is -2.20. The number of hydrogen-bond acceptors (Lipinski definition) is 4. The van der Waals surface area contributed by atoms with Crippen LogP contribution in [0.5, 0.6) is 0 Å². The number of nitriles is 1. The lowest BCUT2D eigenvalue weighted by molar-refractivity contribution is 0.626. The van der Waals surface area contributed by atoms with Gasteiger partial charge in [-0.3, -0.25) is 9.36 Å². The van der Waals surface area contributed by atoms with Gasteiger partial charge in [-0.15, -0.1) is 11.3 Å². The Kier molecular flexibility index (Phi) is 2.88. The van der Waals surface area contributed by atoms with Gasteiger partial charge in [-0.1, -0.05) is 0 Å². The second kappa shape index (κ2) is 4.54. The van der Waals surface area contributed by atoms with Crippen LogP contribution in [-0.2, 0) is 19.4 Å². The van der Waals surface area contributed by atoms with Crippen LogP contribution in [0, 0.1) is 11.3 Å². The normalized spacial score (nSPS) is 13.7. The van der Waals surface area contributed by atoms with Crippen LogP contribution in [0.25, 0.3) is 10.2 Å². The van der Waals surface area contributed by atoms with E-state index in [9.17, 15) is 4.79 Å². The summed E-state index contributed by atoms with van der Waals surface area (Å²) in [7, 11) is 0. The Balaban J connectivity index is 2.06. The molecule has 0 saturated carbocycles. The number of rotatable bonds is 3. The Labute approximate surface area is 109 Å².